The minimum Gasteiger partial charge on any atom is -0.493 e. The lowest BCUT2D eigenvalue weighted by Crippen LogP contribution is -2.41. The maximum atomic E-state index is 9.46. The van der Waals surface area contributed by atoms with Crippen LogP contribution in [0.3, 0.4) is 0 Å². The lowest BCUT2D eigenvalue weighted by Gasteiger charge is -2.32. The predicted octanol–water partition coefficient (Wildman–Crippen LogP) is 7.47. The Balaban J connectivity index is 1.45. The predicted molar refractivity (Wildman–Crippen MR) is 164 cm³/mol. The number of hydrogen-bond acceptors (Lipinski definition) is 5. The molecule has 0 saturated carbocycles. The van der Waals surface area contributed by atoms with E-state index in [9.17, 15) is 5.26 Å². The van der Waals surface area contributed by atoms with E-state index in [1.807, 2.05) is 42.5 Å². The van der Waals surface area contributed by atoms with Crippen LogP contribution in [-0.4, -0.2) is 24.9 Å². The lowest BCUT2D eigenvalue weighted by atomic mass is 9.75. The average molecular weight is 604 g/mol. The highest BCUT2D eigenvalue weighted by atomic mass is 79.9. The molecule has 1 saturated heterocycles. The fourth-order valence-electron chi connectivity index (χ4n) is 4.82. The first kappa shape index (κ1) is 30.2. The minimum absolute atomic E-state index is 0.399. The van der Waals surface area contributed by atoms with Crippen molar-refractivity contribution in [1.82, 2.24) is 0 Å². The molecule has 1 aliphatic heterocycles. The molecule has 1 fully saturated rings. The Bertz CT molecular complexity index is 1370. The Morgan fingerprint density at radius 1 is 0.900 bits per heavy atom. The molecule has 0 aliphatic carbocycles. The summed E-state index contributed by atoms with van der Waals surface area (Å²) in [6, 6.07) is 20.2. The molecule has 7 heteroatoms. The van der Waals surface area contributed by atoms with E-state index in [0.29, 0.717) is 18.8 Å². The highest BCUT2D eigenvalue weighted by molar-refractivity contribution is 9.10. The first-order chi connectivity index (χ1) is 19.0. The minimum atomic E-state index is -0.426. The molecule has 5 nitrogen and oxygen atoms in total. The molecule has 4 rings (SSSR count). The van der Waals surface area contributed by atoms with Crippen LogP contribution >= 0.6 is 15.9 Å². The Kier molecular flexibility index (Phi) is 9.66. The van der Waals surface area contributed by atoms with Gasteiger partial charge in [-0.1, -0.05) is 53.0 Å². The van der Waals surface area contributed by atoms with Crippen LogP contribution in [0.15, 0.2) is 59.1 Å². The van der Waals surface area contributed by atoms with Crippen molar-refractivity contribution in [3.05, 3.63) is 86.9 Å². The first-order valence-corrected chi connectivity index (χ1v) is 14.8. The first-order valence-electron chi connectivity index (χ1n) is 14.0. The van der Waals surface area contributed by atoms with Gasteiger partial charge in [-0.25, -0.2) is 0 Å². The maximum absolute atomic E-state index is 9.46. The summed E-state index contributed by atoms with van der Waals surface area (Å²) in [5, 5.41) is 9.46. The van der Waals surface area contributed by atoms with Gasteiger partial charge in [0.15, 0.2) is 0 Å². The van der Waals surface area contributed by atoms with E-state index in [-0.39, 0.29) is 0 Å². The van der Waals surface area contributed by atoms with Gasteiger partial charge in [0.2, 0.25) is 0 Å². The van der Waals surface area contributed by atoms with Crippen molar-refractivity contribution in [2.24, 2.45) is 0 Å². The van der Waals surface area contributed by atoms with Crippen molar-refractivity contribution in [1.29, 1.82) is 5.26 Å². The van der Waals surface area contributed by atoms with Crippen LogP contribution in [0.25, 0.3) is 0 Å². The van der Waals surface area contributed by atoms with Crippen molar-refractivity contribution in [2.75, 3.05) is 6.61 Å². The molecule has 0 atom stereocenters. The lowest BCUT2D eigenvalue weighted by molar-refractivity contribution is 0.00578. The van der Waals surface area contributed by atoms with Gasteiger partial charge in [-0.2, -0.15) is 5.26 Å². The molecule has 1 heterocycles. The van der Waals surface area contributed by atoms with Gasteiger partial charge in [-0.05, 0) is 112 Å². The SMILES string of the molecule is CCCc1cc(C)c(B2OC(C)(C)C(C)(C)O2)cc1OCCCc1cc(C#N)ccc1COc1cccc(Br)c1. The highest BCUT2D eigenvalue weighted by Crippen LogP contribution is 2.37. The monoisotopic (exact) mass is 603 g/mol. The van der Waals surface area contributed by atoms with E-state index in [1.54, 1.807) is 0 Å². The average Bonchev–Trinajstić information content (AvgIpc) is 3.13. The second-order valence-corrected chi connectivity index (χ2v) is 12.4. The van der Waals surface area contributed by atoms with Gasteiger partial charge in [0.25, 0.3) is 0 Å². The van der Waals surface area contributed by atoms with E-state index in [0.717, 1.165) is 63.8 Å². The standard InChI is InChI=1S/C33H39BBrNO4/c1-7-10-26-17-23(2)30(34-39-32(3,4)33(5,6)40-34)20-31(26)37-16-9-11-25-18-24(21-36)14-15-27(25)22-38-29-13-8-12-28(35)19-29/h8,12-15,17-20H,7,9-11,16,22H2,1-6H3. The van der Waals surface area contributed by atoms with Gasteiger partial charge < -0.3 is 18.8 Å². The number of rotatable bonds is 11. The molecule has 3 aromatic rings. The maximum Gasteiger partial charge on any atom is 0.495 e. The van der Waals surface area contributed by atoms with Gasteiger partial charge >= 0.3 is 7.12 Å². The van der Waals surface area contributed by atoms with Crippen molar-refractivity contribution in [3.63, 3.8) is 0 Å². The molecule has 0 aromatic heterocycles. The highest BCUT2D eigenvalue weighted by Gasteiger charge is 2.52. The van der Waals surface area contributed by atoms with Crippen LogP contribution in [0, 0.1) is 18.3 Å². The van der Waals surface area contributed by atoms with Gasteiger partial charge in [0.05, 0.1) is 29.4 Å². The van der Waals surface area contributed by atoms with Crippen LogP contribution in [0.1, 0.15) is 75.3 Å². The van der Waals surface area contributed by atoms with E-state index < -0.39 is 18.3 Å². The smallest absolute Gasteiger partial charge is 0.493 e. The largest absolute Gasteiger partial charge is 0.495 e. The third-order valence-electron chi connectivity index (χ3n) is 7.85. The summed E-state index contributed by atoms with van der Waals surface area (Å²) in [4.78, 5) is 0. The Labute approximate surface area is 248 Å². The molecule has 0 unspecified atom stereocenters. The Morgan fingerprint density at radius 3 is 2.33 bits per heavy atom. The van der Waals surface area contributed by atoms with E-state index in [1.165, 1.54) is 5.56 Å². The zero-order valence-corrected chi connectivity index (χ0v) is 26.1. The number of hydrogen-bond donors (Lipinski definition) is 0. The van der Waals surface area contributed by atoms with Gasteiger partial charge in [-0.15, -0.1) is 0 Å². The molecule has 210 valence electrons. The number of nitriles is 1. The van der Waals surface area contributed by atoms with Gasteiger partial charge in [0, 0.05) is 4.47 Å². The topological polar surface area (TPSA) is 60.7 Å². The number of aryl methyl sites for hydroxylation is 3. The Morgan fingerprint density at radius 2 is 1.65 bits per heavy atom. The normalized spacial score (nSPS) is 15.6. The van der Waals surface area contributed by atoms with Crippen molar-refractivity contribution < 1.29 is 18.8 Å². The summed E-state index contributed by atoms with van der Waals surface area (Å²) in [6.07, 6.45) is 3.57. The molecule has 0 spiro atoms. The van der Waals surface area contributed by atoms with E-state index in [4.69, 9.17) is 18.8 Å². The molecule has 0 N–H and O–H groups in total. The Hall–Kier alpha value is -2.79. The number of benzene rings is 3. The van der Waals surface area contributed by atoms with E-state index >= 15 is 0 Å². The van der Waals surface area contributed by atoms with Crippen LogP contribution in [0.2, 0.25) is 0 Å². The molecule has 3 aromatic carbocycles. The second kappa shape index (κ2) is 12.8. The van der Waals surface area contributed by atoms with Crippen molar-refractivity contribution >= 4 is 28.5 Å². The third kappa shape index (κ3) is 7.10. The number of ether oxygens (including phenoxy) is 2. The fourth-order valence-corrected chi connectivity index (χ4v) is 5.20. The molecular weight excluding hydrogens is 565 g/mol. The summed E-state index contributed by atoms with van der Waals surface area (Å²) in [6.45, 7) is 13.6. The summed E-state index contributed by atoms with van der Waals surface area (Å²) >= 11 is 3.49. The van der Waals surface area contributed by atoms with Crippen LogP contribution in [-0.2, 0) is 28.8 Å². The molecule has 0 bridgehead atoms. The number of halogens is 1. The zero-order valence-electron chi connectivity index (χ0n) is 24.5. The van der Waals surface area contributed by atoms with Crippen LogP contribution in [0.5, 0.6) is 11.5 Å². The van der Waals surface area contributed by atoms with Crippen molar-refractivity contribution in [3.8, 4) is 17.6 Å². The number of nitrogens with zero attached hydrogens (tertiary/aromatic N) is 1. The summed E-state index contributed by atoms with van der Waals surface area (Å²) in [7, 11) is -0.426. The molecule has 40 heavy (non-hydrogen) atoms. The fraction of sp³-hybridized carbons (Fsp3) is 0.424. The second-order valence-electron chi connectivity index (χ2n) is 11.4. The van der Waals surface area contributed by atoms with Crippen molar-refractivity contribution in [2.45, 2.75) is 85.0 Å². The third-order valence-corrected chi connectivity index (χ3v) is 8.34. The summed E-state index contributed by atoms with van der Waals surface area (Å²) in [5.74, 6) is 1.69. The quantitative estimate of drug-likeness (QED) is 0.168. The van der Waals surface area contributed by atoms with Gasteiger partial charge in [0.1, 0.15) is 18.1 Å². The summed E-state index contributed by atoms with van der Waals surface area (Å²) in [5.41, 5.74) is 5.40. The summed E-state index contributed by atoms with van der Waals surface area (Å²) < 4.78 is 26.1. The zero-order chi connectivity index (χ0) is 28.9. The van der Waals surface area contributed by atoms with Crippen LogP contribution < -0.4 is 14.9 Å². The molecule has 0 radical (unpaired) electrons. The van der Waals surface area contributed by atoms with E-state index in [2.05, 4.69) is 75.7 Å². The molecule has 0 amide bonds. The van der Waals surface area contributed by atoms with Gasteiger partial charge in [-0.3, -0.25) is 0 Å². The molecule has 1 aliphatic rings. The van der Waals surface area contributed by atoms with Crippen LogP contribution in [0.4, 0.5) is 0 Å². The molecular formula is C33H39BBrNO4.